The minimum Gasteiger partial charge on any atom is -0.395 e. The number of aliphatic hydroxyl groups excluding tert-OH is 6. The lowest BCUT2D eigenvalue weighted by atomic mass is 10.0. The van der Waals surface area contributed by atoms with Crippen LogP contribution in [-0.2, 0) is 79.7 Å². The van der Waals surface area contributed by atoms with Gasteiger partial charge in [-0.2, -0.15) is 15.3 Å². The van der Waals surface area contributed by atoms with E-state index in [4.69, 9.17) is 20.7 Å². The Labute approximate surface area is 814 Å². The van der Waals surface area contributed by atoms with Crippen LogP contribution < -0.4 is 36.4 Å². The zero-order chi connectivity index (χ0) is 97.1. The first kappa shape index (κ1) is 99.9. The molecule has 10 aromatic carbocycles. The predicted octanol–water partition coefficient (Wildman–Crippen LogP) is 16.8. The van der Waals surface area contributed by atoms with Crippen LogP contribution in [0.3, 0.4) is 0 Å². The van der Waals surface area contributed by atoms with Crippen molar-refractivity contribution in [3.8, 4) is 44.7 Å². The van der Waals surface area contributed by atoms with E-state index in [2.05, 4.69) is 219 Å². The number of anilines is 3. The number of Topliss-reactive ketones (excluding diaryl/α,β-unsaturated/α-hetero) is 3. The molecule has 14 N–H and O–H groups in total. The summed E-state index contributed by atoms with van der Waals surface area (Å²) in [5, 5.41) is 91.1. The van der Waals surface area contributed by atoms with Crippen LogP contribution in [0.5, 0.6) is 0 Å². The minimum atomic E-state index is -0.186. The first-order chi connectivity index (χ1) is 67.9. The van der Waals surface area contributed by atoms with Crippen molar-refractivity contribution in [1.82, 2.24) is 75.2 Å². The van der Waals surface area contributed by atoms with Gasteiger partial charge in [0, 0.05) is 172 Å². The van der Waals surface area contributed by atoms with E-state index in [1.54, 1.807) is 38.3 Å². The number of aliphatic hydroxyl groups is 6. The number of nitrogens with two attached hydrogens (primary N) is 1. The fourth-order valence-corrected chi connectivity index (χ4v) is 19.0. The molecule has 139 heavy (non-hydrogen) atoms. The number of aromatic amines is 3. The van der Waals surface area contributed by atoms with E-state index in [0.29, 0.717) is 78.2 Å². The van der Waals surface area contributed by atoms with Gasteiger partial charge in [-0.1, -0.05) is 92.7 Å². The van der Waals surface area contributed by atoms with E-state index < -0.39 is 0 Å². The van der Waals surface area contributed by atoms with E-state index >= 15 is 0 Å². The third-order valence-electron chi connectivity index (χ3n) is 25.2. The van der Waals surface area contributed by atoms with Gasteiger partial charge in [-0.25, -0.2) is 15.0 Å². The Kier molecular flexibility index (Phi) is 35.3. The average molecular weight is 1890 g/mol. The third-order valence-corrected chi connectivity index (χ3v) is 26.4. The fourth-order valence-electron chi connectivity index (χ4n) is 18.1. The van der Waals surface area contributed by atoms with Crippen molar-refractivity contribution in [1.29, 1.82) is 0 Å². The maximum atomic E-state index is 12.4. The fraction of sp³-hybridized carbons (Fsp3) is 0.318. The molecule has 0 saturated carbocycles. The lowest BCUT2D eigenvalue weighted by Crippen LogP contribution is -2.29. The van der Waals surface area contributed by atoms with Gasteiger partial charge >= 0.3 is 0 Å². The van der Waals surface area contributed by atoms with Crippen LogP contribution in [0.2, 0.25) is 0 Å². The molecule has 0 bridgehead atoms. The van der Waals surface area contributed by atoms with Crippen molar-refractivity contribution in [3.05, 3.63) is 304 Å². The van der Waals surface area contributed by atoms with Crippen LogP contribution in [0.25, 0.3) is 99.6 Å². The Morgan fingerprint density at radius 2 is 0.763 bits per heavy atom. The number of benzene rings is 10. The molecule has 3 unspecified atom stereocenters. The van der Waals surface area contributed by atoms with Crippen LogP contribution in [0.4, 0.5) is 17.1 Å². The molecule has 0 fully saturated rings. The molecule has 0 aliphatic heterocycles. The first-order valence-electron chi connectivity index (χ1n) is 48.1. The highest BCUT2D eigenvalue weighted by Crippen LogP contribution is 2.37. The Hall–Kier alpha value is -13.5. The zero-order valence-corrected chi connectivity index (χ0v) is 80.6. The third kappa shape index (κ3) is 25.9. The Balaban J connectivity index is 0.000000158. The molecule has 0 spiro atoms. The predicted molar refractivity (Wildman–Crippen MR) is 556 cm³/mol. The quantitative estimate of drug-likeness (QED) is 0.0168. The van der Waals surface area contributed by atoms with E-state index in [1.165, 1.54) is 16.1 Å². The van der Waals surface area contributed by atoms with Gasteiger partial charge in [0.15, 0.2) is 0 Å². The van der Waals surface area contributed by atoms with Gasteiger partial charge in [-0.05, 0) is 261 Å². The van der Waals surface area contributed by atoms with E-state index in [9.17, 15) is 45.0 Å². The number of carbonyl (C=O) groups excluding carboxylic acids is 3. The highest BCUT2D eigenvalue weighted by molar-refractivity contribution is 7.15. The molecule has 0 aliphatic carbocycles. The molecule has 0 aliphatic rings. The number of hydrogen-bond acceptors (Lipinski definition) is 23. The number of rotatable bonds is 48. The van der Waals surface area contributed by atoms with Gasteiger partial charge in [-0.15, -0.1) is 11.3 Å². The highest BCUT2D eigenvalue weighted by atomic mass is 32.1. The molecule has 17 aromatic rings. The first-order valence-corrected chi connectivity index (χ1v) is 48.9. The van der Waals surface area contributed by atoms with Crippen molar-refractivity contribution in [3.63, 3.8) is 0 Å². The van der Waals surface area contributed by atoms with Crippen LogP contribution in [0, 0.1) is 0 Å². The number of nitrogens with one attached hydrogen (secondary N) is 6. The minimum absolute atomic E-state index is 0.00172. The van der Waals surface area contributed by atoms with E-state index in [-0.39, 0.29) is 75.1 Å². The second-order valence-electron chi connectivity index (χ2n) is 35.4. The molecule has 0 saturated heterocycles. The SMILES string of the molecule is CC(=O)CC(NCc1ccc(-c2ccn[nH]2)s1)c1ccc2c(c1)nc(-c1ccc(N(CCO)CCO)cc1)n2CCCN.CC(=O)CC(NCc1ccc2[nH]ncc2c1)c1ccc2c(c1)nc(-c1ccc(N(CCO)CCO)cc1)n2CCc1ccc(CO)cc1.CCCN(CCC)c1ccc(-c2nc3cc(C(CC(C)=O)NCc4ccc5[nH]ncc5c4)ccc3n2CCc2ccc(CO)cc2)cc1. The van der Waals surface area contributed by atoms with Crippen molar-refractivity contribution in [2.45, 2.75) is 157 Å². The maximum absolute atomic E-state index is 12.4. The molecule has 722 valence electrons. The molecule has 0 radical (unpaired) electrons. The number of H-pyrrole nitrogens is 3. The van der Waals surface area contributed by atoms with Crippen LogP contribution in [0.15, 0.2) is 249 Å². The summed E-state index contributed by atoms with van der Waals surface area (Å²) < 4.78 is 6.76. The van der Waals surface area contributed by atoms with Gasteiger partial charge in [-0.3, -0.25) is 29.7 Å². The van der Waals surface area contributed by atoms with Crippen molar-refractivity contribution < 1.29 is 45.0 Å². The van der Waals surface area contributed by atoms with Crippen molar-refractivity contribution in [2.75, 3.05) is 86.9 Å². The molecular weight excluding hydrogens is 1760 g/mol. The zero-order valence-electron chi connectivity index (χ0n) is 79.8. The molecule has 0 amide bonds. The number of nitrogens with zero attached hydrogens (tertiary/aromatic N) is 12. The number of hydrogen-bond donors (Lipinski definition) is 13. The van der Waals surface area contributed by atoms with Gasteiger partial charge < -0.3 is 80.7 Å². The Morgan fingerprint density at radius 3 is 1.12 bits per heavy atom. The number of aromatic nitrogens is 12. The van der Waals surface area contributed by atoms with Crippen molar-refractivity contribution >= 4 is 101 Å². The lowest BCUT2D eigenvalue weighted by molar-refractivity contribution is -0.118. The van der Waals surface area contributed by atoms with Crippen molar-refractivity contribution in [2.24, 2.45) is 5.73 Å². The number of carbonyl (C=O) groups is 3. The maximum Gasteiger partial charge on any atom is 0.141 e. The molecule has 17 rings (SSSR count). The number of fused-ring (bicyclic) bond motifs is 5. The van der Waals surface area contributed by atoms with E-state index in [1.807, 2.05) is 113 Å². The summed E-state index contributed by atoms with van der Waals surface area (Å²) in [6.07, 6.45) is 11.2. The van der Waals surface area contributed by atoms with Gasteiger partial charge in [0.2, 0.25) is 0 Å². The molecule has 28 nitrogen and oxygen atoms in total. The lowest BCUT2D eigenvalue weighted by Gasteiger charge is -2.24. The highest BCUT2D eigenvalue weighted by Gasteiger charge is 2.25. The summed E-state index contributed by atoms with van der Waals surface area (Å²) in [6, 6.07) is 78.1. The summed E-state index contributed by atoms with van der Waals surface area (Å²) in [7, 11) is 0. The largest absolute Gasteiger partial charge is 0.395 e. The van der Waals surface area contributed by atoms with Gasteiger partial charge in [0.1, 0.15) is 34.8 Å². The smallest absolute Gasteiger partial charge is 0.141 e. The number of aryl methyl sites for hydroxylation is 5. The molecule has 7 heterocycles. The summed E-state index contributed by atoms with van der Waals surface area (Å²) in [5.41, 5.74) is 30.1. The Morgan fingerprint density at radius 1 is 0.396 bits per heavy atom. The number of imidazole rings is 3. The van der Waals surface area contributed by atoms with Gasteiger partial charge in [0.25, 0.3) is 0 Å². The van der Waals surface area contributed by atoms with E-state index in [0.717, 1.165) is 214 Å². The topological polar surface area (TPSA) is 384 Å². The normalized spacial score (nSPS) is 12.2. The van der Waals surface area contributed by atoms with Crippen LogP contribution >= 0.6 is 11.3 Å². The molecule has 7 aromatic heterocycles. The van der Waals surface area contributed by atoms with Gasteiger partial charge in [0.05, 0.1) is 107 Å². The number of ketones is 3. The van der Waals surface area contributed by atoms with Crippen LogP contribution in [0.1, 0.15) is 146 Å². The standard InChI is InChI=1S/C40H46N6O2.C38H42N6O4.C32H39N7O3S/c1-4-19-45(20-5-2)35-14-11-32(12-15-35)40-43-38-24-33(13-17-39(38)46(40)21-18-29-6-8-30(27-47)9-7-29)37(22-28(3)48)41-25-31-10-16-36-34(23-31)26-42-44-36;1-26(48)20-35(39-23-29-6-12-34-32(21-29)24-40-42-34)31-9-13-37-36(22-31)41-38(44(37)15-14-27-2-4-28(25-47)5-3-27)30-7-10-33(11-8-30)43(16-18-45)17-19-46;1-22(42)19-28(34-21-26-8-10-31(43-26)27-11-13-35-37-27)24-5-9-30-29(20-24)36-32(39(30)14-2-12-33)23-3-6-25(7-4-23)38(15-17-40)16-18-41/h6-17,23-24,26,37,41,47H,4-5,18-22,25,27H2,1-3H3,(H,42,44);2-13,21-22,24,35,39,45-47H,14-20,23,25H2,1H3,(H,40,42);3-11,13,20,28,34,40-41H,2,12,14-19,21,33H2,1H3,(H,35,37). The Bertz CT molecular complexity index is 6520. The monoisotopic (exact) mass is 1890 g/mol. The summed E-state index contributed by atoms with van der Waals surface area (Å²) >= 11 is 1.70. The summed E-state index contributed by atoms with van der Waals surface area (Å²) in [4.78, 5) is 61.2. The molecular formula is C110H127N19O9S. The van der Waals surface area contributed by atoms with Crippen LogP contribution in [-0.4, -0.2) is 179 Å². The molecule has 3 atom stereocenters. The second-order valence-corrected chi connectivity index (χ2v) is 36.6. The summed E-state index contributed by atoms with van der Waals surface area (Å²) in [6.45, 7) is 17.9. The number of thiophene rings is 1. The second kappa shape index (κ2) is 49.2. The summed E-state index contributed by atoms with van der Waals surface area (Å²) in [5.74, 6) is 2.98. The molecule has 29 heteroatoms. The average Bonchev–Trinajstić information content (AvgIpc) is 1.63.